The second kappa shape index (κ2) is 6.55. The molecule has 1 aliphatic carbocycles. The Hall–Kier alpha value is -1.78. The van der Waals surface area contributed by atoms with Gasteiger partial charge in [-0.05, 0) is 48.1 Å². The predicted octanol–water partition coefficient (Wildman–Crippen LogP) is 3.66. The summed E-state index contributed by atoms with van der Waals surface area (Å²) < 4.78 is 5.24. The van der Waals surface area contributed by atoms with Gasteiger partial charge in [0.15, 0.2) is 0 Å². The van der Waals surface area contributed by atoms with E-state index in [1.807, 2.05) is 36.5 Å². The van der Waals surface area contributed by atoms with E-state index in [0.717, 1.165) is 24.0 Å². The maximum atomic E-state index is 12.6. The molecule has 1 unspecified atom stereocenters. The largest absolute Gasteiger partial charge is 0.382 e. The van der Waals surface area contributed by atoms with Gasteiger partial charge in [-0.3, -0.25) is 4.79 Å². The van der Waals surface area contributed by atoms with Crippen molar-refractivity contribution >= 4 is 17.5 Å². The minimum atomic E-state index is -0.230. The molecule has 1 aromatic carbocycles. The smallest absolute Gasteiger partial charge is 0.268 e. The van der Waals surface area contributed by atoms with E-state index in [2.05, 4.69) is 10.3 Å². The maximum Gasteiger partial charge on any atom is 0.268 e. The lowest BCUT2D eigenvalue weighted by atomic mass is 10.1. The molecule has 3 rings (SSSR count). The number of aromatic nitrogens is 1. The van der Waals surface area contributed by atoms with Crippen LogP contribution in [0, 0.1) is 0 Å². The van der Waals surface area contributed by atoms with Gasteiger partial charge < -0.3 is 15.0 Å². The van der Waals surface area contributed by atoms with Crippen LogP contribution in [0.2, 0.25) is 5.02 Å². The van der Waals surface area contributed by atoms with Crippen LogP contribution in [0.1, 0.15) is 46.4 Å². The topological polar surface area (TPSA) is 54.1 Å². The highest BCUT2D eigenvalue weighted by Gasteiger charge is 2.29. The molecule has 1 fully saturated rings. The highest BCUT2D eigenvalue weighted by atomic mass is 35.5. The van der Waals surface area contributed by atoms with Gasteiger partial charge in [-0.15, -0.1) is 0 Å². The molecule has 116 valence electrons. The standard InChI is InChI=1S/C17H19ClN2O2/c1-22-10-15(12-3-2-4-13(18)9-12)20-17(21)16-14(7-8-19-16)11-5-6-11/h2-4,7-9,11,15,19H,5-6,10H2,1H3,(H,20,21). The molecule has 1 aliphatic rings. The molecule has 0 bridgehead atoms. The molecule has 4 nitrogen and oxygen atoms in total. The molecule has 5 heteroatoms. The summed E-state index contributed by atoms with van der Waals surface area (Å²) in [6.45, 7) is 0.394. The minimum Gasteiger partial charge on any atom is -0.382 e. The van der Waals surface area contributed by atoms with Gasteiger partial charge in [-0.2, -0.15) is 0 Å². The van der Waals surface area contributed by atoms with Gasteiger partial charge in [-0.25, -0.2) is 0 Å². The number of benzene rings is 1. The van der Waals surface area contributed by atoms with Crippen LogP contribution < -0.4 is 5.32 Å². The Labute approximate surface area is 134 Å². The molecule has 0 spiro atoms. The van der Waals surface area contributed by atoms with Crippen molar-refractivity contribution in [1.82, 2.24) is 10.3 Å². The zero-order valence-electron chi connectivity index (χ0n) is 12.4. The molecule has 1 atom stereocenters. The highest BCUT2D eigenvalue weighted by molar-refractivity contribution is 6.30. The molecule has 0 aliphatic heterocycles. The van der Waals surface area contributed by atoms with Crippen LogP contribution in [0.5, 0.6) is 0 Å². The van der Waals surface area contributed by atoms with E-state index < -0.39 is 0 Å². The Balaban J connectivity index is 1.78. The highest BCUT2D eigenvalue weighted by Crippen LogP contribution is 2.41. The molecule has 22 heavy (non-hydrogen) atoms. The van der Waals surface area contributed by atoms with E-state index in [1.54, 1.807) is 7.11 Å². The van der Waals surface area contributed by atoms with E-state index in [9.17, 15) is 4.79 Å². The fraction of sp³-hybridized carbons (Fsp3) is 0.353. The molecule has 1 aromatic heterocycles. The Bertz CT molecular complexity index is 664. The molecule has 1 amide bonds. The van der Waals surface area contributed by atoms with E-state index in [1.165, 1.54) is 0 Å². The van der Waals surface area contributed by atoms with Crippen LogP contribution in [0.15, 0.2) is 36.5 Å². The van der Waals surface area contributed by atoms with E-state index >= 15 is 0 Å². The third-order valence-corrected chi connectivity index (χ3v) is 4.15. The summed E-state index contributed by atoms with van der Waals surface area (Å²) in [6.07, 6.45) is 4.15. The van der Waals surface area contributed by atoms with Crippen LogP contribution >= 0.6 is 11.6 Å². The monoisotopic (exact) mass is 318 g/mol. The summed E-state index contributed by atoms with van der Waals surface area (Å²) >= 11 is 6.04. The van der Waals surface area contributed by atoms with Crippen molar-refractivity contribution in [2.75, 3.05) is 13.7 Å². The SMILES string of the molecule is COCC(NC(=O)c1[nH]ccc1C1CC1)c1cccc(Cl)c1. The Morgan fingerprint density at radius 3 is 2.95 bits per heavy atom. The number of carbonyl (C=O) groups is 1. The van der Waals surface area contributed by atoms with Crippen LogP contribution in [0.25, 0.3) is 0 Å². The summed E-state index contributed by atoms with van der Waals surface area (Å²) in [5.74, 6) is 0.424. The number of rotatable bonds is 6. The molecule has 2 N–H and O–H groups in total. The van der Waals surface area contributed by atoms with E-state index in [4.69, 9.17) is 16.3 Å². The van der Waals surface area contributed by atoms with Gasteiger partial charge in [0.2, 0.25) is 0 Å². The first-order valence-corrected chi connectivity index (χ1v) is 7.79. The summed E-state index contributed by atoms with van der Waals surface area (Å²) in [6, 6.07) is 9.24. The first-order valence-electron chi connectivity index (χ1n) is 7.41. The first kappa shape index (κ1) is 15.1. The number of carbonyl (C=O) groups excluding carboxylic acids is 1. The van der Waals surface area contributed by atoms with Crippen molar-refractivity contribution in [2.45, 2.75) is 24.8 Å². The third-order valence-electron chi connectivity index (χ3n) is 3.91. The lowest BCUT2D eigenvalue weighted by molar-refractivity contribution is 0.0891. The molecule has 0 radical (unpaired) electrons. The number of ether oxygens (including phenoxy) is 1. The molecule has 1 saturated carbocycles. The number of hydrogen-bond donors (Lipinski definition) is 2. The predicted molar refractivity (Wildman–Crippen MR) is 86.3 cm³/mol. The maximum absolute atomic E-state index is 12.6. The number of amides is 1. The fourth-order valence-electron chi connectivity index (χ4n) is 2.65. The number of aromatic amines is 1. The molecule has 0 saturated heterocycles. The summed E-state index contributed by atoms with van der Waals surface area (Å²) in [5.41, 5.74) is 2.70. The molecular weight excluding hydrogens is 300 g/mol. The van der Waals surface area contributed by atoms with Gasteiger partial charge in [0.1, 0.15) is 5.69 Å². The number of methoxy groups -OCH3 is 1. The molecular formula is C17H19ClN2O2. The Morgan fingerprint density at radius 1 is 1.45 bits per heavy atom. The van der Waals surface area contributed by atoms with Crippen molar-refractivity contribution in [3.63, 3.8) is 0 Å². The number of nitrogens with one attached hydrogen (secondary N) is 2. The van der Waals surface area contributed by atoms with Crippen LogP contribution in [0.3, 0.4) is 0 Å². The van der Waals surface area contributed by atoms with Crippen LogP contribution in [0.4, 0.5) is 0 Å². The lowest BCUT2D eigenvalue weighted by Gasteiger charge is -2.19. The van der Waals surface area contributed by atoms with Crippen LogP contribution in [-0.4, -0.2) is 24.6 Å². The normalized spacial score (nSPS) is 15.5. The zero-order chi connectivity index (χ0) is 15.5. The zero-order valence-corrected chi connectivity index (χ0v) is 13.2. The van der Waals surface area contributed by atoms with Crippen molar-refractivity contribution in [3.8, 4) is 0 Å². The molecule has 2 aromatic rings. The van der Waals surface area contributed by atoms with E-state index in [0.29, 0.717) is 23.2 Å². The second-order valence-corrected chi connectivity index (χ2v) is 6.06. The Kier molecular flexibility index (Phi) is 4.50. The average Bonchev–Trinajstić information content (AvgIpc) is 3.23. The average molecular weight is 319 g/mol. The van der Waals surface area contributed by atoms with Gasteiger partial charge in [0, 0.05) is 18.3 Å². The van der Waals surface area contributed by atoms with Crippen LogP contribution in [-0.2, 0) is 4.74 Å². The number of halogens is 1. The lowest BCUT2D eigenvalue weighted by Crippen LogP contribution is -2.32. The molecule has 1 heterocycles. The quantitative estimate of drug-likeness (QED) is 0.854. The van der Waals surface area contributed by atoms with Gasteiger partial charge in [-0.1, -0.05) is 23.7 Å². The summed E-state index contributed by atoms with van der Waals surface area (Å²) in [5, 5.41) is 3.68. The van der Waals surface area contributed by atoms with Crippen molar-refractivity contribution in [2.24, 2.45) is 0 Å². The summed E-state index contributed by atoms with van der Waals surface area (Å²) in [4.78, 5) is 15.6. The summed E-state index contributed by atoms with van der Waals surface area (Å²) in [7, 11) is 1.62. The van der Waals surface area contributed by atoms with Crippen molar-refractivity contribution in [3.05, 3.63) is 58.4 Å². The first-order chi connectivity index (χ1) is 10.7. The third kappa shape index (κ3) is 3.34. The Morgan fingerprint density at radius 2 is 2.27 bits per heavy atom. The number of hydrogen-bond acceptors (Lipinski definition) is 2. The number of H-pyrrole nitrogens is 1. The van der Waals surface area contributed by atoms with Crippen molar-refractivity contribution < 1.29 is 9.53 Å². The van der Waals surface area contributed by atoms with Gasteiger partial charge >= 0.3 is 0 Å². The van der Waals surface area contributed by atoms with E-state index in [-0.39, 0.29) is 11.9 Å². The fourth-order valence-corrected chi connectivity index (χ4v) is 2.85. The van der Waals surface area contributed by atoms with Gasteiger partial charge in [0.25, 0.3) is 5.91 Å². The second-order valence-electron chi connectivity index (χ2n) is 5.62. The van der Waals surface area contributed by atoms with Gasteiger partial charge in [0.05, 0.1) is 12.6 Å². The minimum absolute atomic E-state index is 0.103. The van der Waals surface area contributed by atoms with Crippen molar-refractivity contribution in [1.29, 1.82) is 0 Å².